The molecule has 0 aromatic heterocycles. The lowest BCUT2D eigenvalue weighted by Gasteiger charge is -2.29. The van der Waals surface area contributed by atoms with Gasteiger partial charge in [-0.15, -0.1) is 0 Å². The summed E-state index contributed by atoms with van der Waals surface area (Å²) >= 11 is 0. The van der Waals surface area contributed by atoms with E-state index in [1.54, 1.807) is 36.4 Å². The monoisotopic (exact) mass is 509 g/mol. The van der Waals surface area contributed by atoms with Gasteiger partial charge in [-0.25, -0.2) is 8.42 Å². The summed E-state index contributed by atoms with van der Waals surface area (Å²) < 4.78 is 36.7. The number of nitrogens with zero attached hydrogens (tertiary/aromatic N) is 1. The van der Waals surface area contributed by atoms with E-state index in [4.69, 9.17) is 9.47 Å². The molecule has 0 atom stereocenters. The van der Waals surface area contributed by atoms with E-state index in [1.807, 2.05) is 30.3 Å². The number of rotatable bonds is 8. The zero-order valence-corrected chi connectivity index (χ0v) is 20.6. The molecule has 2 N–H and O–H groups in total. The number of aryl methyl sites for hydroxylation is 1. The van der Waals surface area contributed by atoms with Crippen molar-refractivity contribution >= 4 is 27.5 Å². The van der Waals surface area contributed by atoms with Gasteiger partial charge in [0.1, 0.15) is 24.7 Å². The highest BCUT2D eigenvalue weighted by atomic mass is 32.2. The Hall–Kier alpha value is -4.05. The number of para-hydroxylation sites is 2. The average molecular weight is 510 g/mol. The Bertz CT molecular complexity index is 1340. The second-order valence-electron chi connectivity index (χ2n) is 8.20. The molecular weight excluding hydrogens is 482 g/mol. The molecule has 3 aromatic carbocycles. The number of hydrazine groups is 1. The van der Waals surface area contributed by atoms with E-state index in [1.165, 1.54) is 10.4 Å². The molecule has 0 spiro atoms. The third-order valence-corrected chi connectivity index (χ3v) is 6.77. The quantitative estimate of drug-likeness (QED) is 0.357. The highest BCUT2D eigenvalue weighted by Gasteiger charge is 2.25. The average Bonchev–Trinajstić information content (AvgIpc) is 2.89. The van der Waals surface area contributed by atoms with Crippen LogP contribution < -0.4 is 24.6 Å². The number of nitrogens with one attached hydrogen (secondary N) is 2. The fourth-order valence-corrected chi connectivity index (χ4v) is 4.91. The van der Waals surface area contributed by atoms with Gasteiger partial charge in [0.15, 0.2) is 0 Å². The number of hydrogen-bond donors (Lipinski definition) is 2. The maximum absolute atomic E-state index is 12.7. The molecule has 1 aliphatic rings. The van der Waals surface area contributed by atoms with Gasteiger partial charge in [0, 0.05) is 12.1 Å². The molecule has 9 nitrogen and oxygen atoms in total. The molecule has 1 heterocycles. The Morgan fingerprint density at radius 2 is 1.58 bits per heavy atom. The minimum absolute atomic E-state index is 0.227. The summed E-state index contributed by atoms with van der Waals surface area (Å²) in [6.45, 7) is 0.935. The zero-order valence-electron chi connectivity index (χ0n) is 19.8. The highest BCUT2D eigenvalue weighted by molar-refractivity contribution is 7.92. The van der Waals surface area contributed by atoms with Gasteiger partial charge < -0.3 is 9.47 Å². The molecule has 3 aromatic rings. The first kappa shape index (κ1) is 25.1. The minimum atomic E-state index is -3.40. The summed E-state index contributed by atoms with van der Waals surface area (Å²) in [4.78, 5) is 25.4. The molecule has 36 heavy (non-hydrogen) atoms. The van der Waals surface area contributed by atoms with Gasteiger partial charge in [0.05, 0.1) is 17.5 Å². The summed E-state index contributed by atoms with van der Waals surface area (Å²) in [6.07, 6.45) is 2.48. The number of anilines is 1. The van der Waals surface area contributed by atoms with Crippen LogP contribution in [0.15, 0.2) is 72.8 Å². The van der Waals surface area contributed by atoms with Gasteiger partial charge in [-0.05, 0) is 60.9 Å². The van der Waals surface area contributed by atoms with Crippen LogP contribution in [0.4, 0.5) is 5.69 Å². The molecule has 0 unspecified atom stereocenters. The predicted molar refractivity (Wildman–Crippen MR) is 136 cm³/mol. The van der Waals surface area contributed by atoms with Crippen molar-refractivity contribution in [2.75, 3.05) is 30.3 Å². The third-order valence-electron chi connectivity index (χ3n) is 5.59. The third kappa shape index (κ3) is 6.14. The first-order valence-corrected chi connectivity index (χ1v) is 13.3. The van der Waals surface area contributed by atoms with E-state index in [9.17, 15) is 18.0 Å². The van der Waals surface area contributed by atoms with Gasteiger partial charge in [-0.3, -0.25) is 24.7 Å². The van der Waals surface area contributed by atoms with E-state index in [0.29, 0.717) is 43.0 Å². The van der Waals surface area contributed by atoms with Crippen molar-refractivity contribution in [3.8, 4) is 11.5 Å². The molecule has 0 bridgehead atoms. The standard InChI is InChI=1S/C26H27N3O6S/c1-36(32,33)29-15-7-8-19-18-20(13-14-23(19)29)25(30)27-28-26(31)22-11-5-6-12-24(22)35-17-16-34-21-9-3-2-4-10-21/h2-6,9-14,18H,7-8,15-17H2,1H3,(H,27,30)(H,28,31). The van der Waals surface area contributed by atoms with Gasteiger partial charge in [0.2, 0.25) is 10.0 Å². The lowest BCUT2D eigenvalue weighted by atomic mass is 10.0. The fourth-order valence-electron chi connectivity index (χ4n) is 3.91. The van der Waals surface area contributed by atoms with Crippen molar-refractivity contribution in [3.05, 3.63) is 89.5 Å². The number of sulfonamides is 1. The van der Waals surface area contributed by atoms with Crippen molar-refractivity contribution in [2.45, 2.75) is 12.8 Å². The summed E-state index contributed by atoms with van der Waals surface area (Å²) in [5.41, 5.74) is 6.73. The number of amides is 2. The number of ether oxygens (including phenoxy) is 2. The molecule has 0 aliphatic carbocycles. The van der Waals surface area contributed by atoms with Crippen LogP contribution in [0.25, 0.3) is 0 Å². The molecule has 0 radical (unpaired) electrons. The minimum Gasteiger partial charge on any atom is -0.490 e. The van der Waals surface area contributed by atoms with Gasteiger partial charge in [0.25, 0.3) is 11.8 Å². The second-order valence-corrected chi connectivity index (χ2v) is 10.1. The van der Waals surface area contributed by atoms with Gasteiger partial charge >= 0.3 is 0 Å². The van der Waals surface area contributed by atoms with Crippen molar-refractivity contribution in [2.24, 2.45) is 0 Å². The van der Waals surface area contributed by atoms with Crippen LogP contribution in [0.3, 0.4) is 0 Å². The first-order chi connectivity index (χ1) is 17.3. The van der Waals surface area contributed by atoms with Crippen LogP contribution in [-0.2, 0) is 16.4 Å². The summed E-state index contributed by atoms with van der Waals surface area (Å²) in [6, 6.07) is 20.8. The number of carbonyl (C=O) groups excluding carboxylic acids is 2. The van der Waals surface area contributed by atoms with E-state index in [2.05, 4.69) is 10.9 Å². The maximum atomic E-state index is 12.7. The fraction of sp³-hybridized carbons (Fsp3) is 0.231. The maximum Gasteiger partial charge on any atom is 0.273 e. The highest BCUT2D eigenvalue weighted by Crippen LogP contribution is 2.29. The zero-order chi connectivity index (χ0) is 25.5. The number of hydrogen-bond acceptors (Lipinski definition) is 6. The Balaban J connectivity index is 1.34. The second kappa shape index (κ2) is 11.1. The van der Waals surface area contributed by atoms with Crippen molar-refractivity contribution in [1.82, 2.24) is 10.9 Å². The van der Waals surface area contributed by atoms with Crippen LogP contribution in [0.1, 0.15) is 32.7 Å². The van der Waals surface area contributed by atoms with Crippen LogP contribution >= 0.6 is 0 Å². The largest absolute Gasteiger partial charge is 0.490 e. The molecule has 188 valence electrons. The van der Waals surface area contributed by atoms with Crippen LogP contribution in [0.5, 0.6) is 11.5 Å². The Kier molecular flexibility index (Phi) is 7.74. The molecule has 4 rings (SSSR count). The van der Waals surface area contributed by atoms with Gasteiger partial charge in [-0.1, -0.05) is 30.3 Å². The van der Waals surface area contributed by atoms with E-state index < -0.39 is 21.8 Å². The summed E-state index contributed by atoms with van der Waals surface area (Å²) in [7, 11) is -3.40. The first-order valence-electron chi connectivity index (χ1n) is 11.4. The summed E-state index contributed by atoms with van der Waals surface area (Å²) in [5, 5.41) is 0. The predicted octanol–water partition coefficient (Wildman–Crippen LogP) is 2.93. The number of carbonyl (C=O) groups is 2. The number of benzene rings is 3. The molecule has 0 saturated heterocycles. The van der Waals surface area contributed by atoms with Crippen molar-refractivity contribution < 1.29 is 27.5 Å². The smallest absolute Gasteiger partial charge is 0.273 e. The van der Waals surface area contributed by atoms with Crippen molar-refractivity contribution in [1.29, 1.82) is 0 Å². The SMILES string of the molecule is CS(=O)(=O)N1CCCc2cc(C(=O)NNC(=O)c3ccccc3OCCOc3ccccc3)ccc21. The van der Waals surface area contributed by atoms with E-state index >= 15 is 0 Å². The molecule has 1 aliphatic heterocycles. The topological polar surface area (TPSA) is 114 Å². The summed E-state index contributed by atoms with van der Waals surface area (Å²) in [5.74, 6) is 0.0260. The molecule has 0 saturated carbocycles. The molecule has 2 amide bonds. The molecule has 0 fully saturated rings. The van der Waals surface area contributed by atoms with Crippen LogP contribution in [-0.4, -0.2) is 46.2 Å². The Morgan fingerprint density at radius 1 is 0.889 bits per heavy atom. The molecule has 10 heteroatoms. The molecular formula is C26H27N3O6S. The van der Waals surface area contributed by atoms with Crippen molar-refractivity contribution in [3.63, 3.8) is 0 Å². The lowest BCUT2D eigenvalue weighted by molar-refractivity contribution is 0.0843. The van der Waals surface area contributed by atoms with Crippen LogP contribution in [0.2, 0.25) is 0 Å². The number of fused-ring (bicyclic) bond motifs is 1. The van der Waals surface area contributed by atoms with E-state index in [-0.39, 0.29) is 12.2 Å². The normalized spacial score (nSPS) is 12.9. The van der Waals surface area contributed by atoms with Crippen LogP contribution in [0, 0.1) is 0 Å². The Labute approximate surface area is 210 Å². The van der Waals surface area contributed by atoms with E-state index in [0.717, 1.165) is 17.6 Å². The lowest BCUT2D eigenvalue weighted by Crippen LogP contribution is -2.42. The van der Waals surface area contributed by atoms with Gasteiger partial charge in [-0.2, -0.15) is 0 Å². The Morgan fingerprint density at radius 3 is 2.36 bits per heavy atom.